The number of carbonyl (C=O) groups is 1. The predicted molar refractivity (Wildman–Crippen MR) is 110 cm³/mol. The van der Waals surface area contributed by atoms with Gasteiger partial charge in [-0.3, -0.25) is 15.6 Å². The van der Waals surface area contributed by atoms with E-state index >= 15 is 0 Å². The normalized spacial score (nSPS) is 11.1. The van der Waals surface area contributed by atoms with Gasteiger partial charge < -0.3 is 10.1 Å². The lowest BCUT2D eigenvalue weighted by Gasteiger charge is -2.18. The second kappa shape index (κ2) is 9.21. The summed E-state index contributed by atoms with van der Waals surface area (Å²) in [7, 11) is 0. The van der Waals surface area contributed by atoms with Crippen LogP contribution in [0.5, 0.6) is 5.75 Å². The van der Waals surface area contributed by atoms with Gasteiger partial charge in [0.1, 0.15) is 5.75 Å². The summed E-state index contributed by atoms with van der Waals surface area (Å²) in [6.07, 6.45) is -0.766. The Morgan fingerprint density at radius 3 is 2.48 bits per heavy atom. The quantitative estimate of drug-likeness (QED) is 0.535. The lowest BCUT2D eigenvalue weighted by molar-refractivity contribution is -0.127. The van der Waals surface area contributed by atoms with E-state index in [9.17, 15) is 4.79 Å². The summed E-state index contributed by atoms with van der Waals surface area (Å²) in [5.74, 6) is 0.0784. The minimum absolute atomic E-state index is 0.197. The summed E-state index contributed by atoms with van der Waals surface area (Å²) in [4.78, 5) is 12.1. The van der Waals surface area contributed by atoms with Crippen molar-refractivity contribution in [2.75, 3.05) is 5.32 Å². The van der Waals surface area contributed by atoms with E-state index in [2.05, 4.69) is 16.2 Å². The maximum Gasteiger partial charge on any atom is 0.279 e. The highest BCUT2D eigenvalue weighted by Crippen LogP contribution is 2.27. The molecule has 0 fully saturated rings. The molecule has 0 heterocycles. The molecule has 0 saturated carbocycles. The molecule has 0 radical (unpaired) electrons. The van der Waals surface area contributed by atoms with Gasteiger partial charge in [-0.2, -0.15) is 5.26 Å². The van der Waals surface area contributed by atoms with Gasteiger partial charge in [0, 0.05) is 0 Å². The molecule has 2 rings (SSSR count). The SMILES string of the molecule is Cc1cc(C)c(NC(=S)NNC(=O)[C@H](C)Oc2ccc(C#N)cc2)c(Cl)c1. The molecular formula is C19H19ClN4O2S. The largest absolute Gasteiger partial charge is 0.481 e. The highest BCUT2D eigenvalue weighted by molar-refractivity contribution is 7.80. The highest BCUT2D eigenvalue weighted by Gasteiger charge is 2.15. The number of hydrogen-bond donors (Lipinski definition) is 3. The van der Waals surface area contributed by atoms with E-state index < -0.39 is 12.0 Å². The Balaban J connectivity index is 1.87. The molecule has 2 aromatic rings. The number of nitrogens with one attached hydrogen (secondary N) is 3. The zero-order valence-corrected chi connectivity index (χ0v) is 16.7. The summed E-state index contributed by atoms with van der Waals surface area (Å²) >= 11 is 11.4. The van der Waals surface area contributed by atoms with E-state index in [0.717, 1.165) is 11.1 Å². The Bertz CT molecular complexity index is 871. The van der Waals surface area contributed by atoms with Crippen molar-refractivity contribution in [3.8, 4) is 11.8 Å². The monoisotopic (exact) mass is 402 g/mol. The van der Waals surface area contributed by atoms with Crippen molar-refractivity contribution < 1.29 is 9.53 Å². The number of ether oxygens (including phenoxy) is 1. The summed E-state index contributed by atoms with van der Waals surface area (Å²) < 4.78 is 5.53. The first-order valence-corrected chi connectivity index (χ1v) is 8.89. The van der Waals surface area contributed by atoms with Crippen LogP contribution in [-0.4, -0.2) is 17.1 Å². The van der Waals surface area contributed by atoms with Crippen molar-refractivity contribution >= 4 is 40.5 Å². The van der Waals surface area contributed by atoms with E-state index in [1.807, 2.05) is 32.0 Å². The molecule has 2 aromatic carbocycles. The van der Waals surface area contributed by atoms with Crippen molar-refractivity contribution in [3.63, 3.8) is 0 Å². The number of hydrazine groups is 1. The molecule has 0 unspecified atom stereocenters. The molecule has 0 aliphatic rings. The zero-order chi connectivity index (χ0) is 20.0. The van der Waals surface area contributed by atoms with E-state index in [-0.39, 0.29) is 5.11 Å². The summed E-state index contributed by atoms with van der Waals surface area (Å²) in [5.41, 5.74) is 8.28. The third kappa shape index (κ3) is 5.84. The van der Waals surface area contributed by atoms with Crippen LogP contribution in [-0.2, 0) is 4.79 Å². The van der Waals surface area contributed by atoms with Crippen LogP contribution < -0.4 is 20.9 Å². The Kier molecular flexibility index (Phi) is 6.99. The molecule has 1 atom stereocenters. The van der Waals surface area contributed by atoms with Crippen LogP contribution in [0.4, 0.5) is 5.69 Å². The summed E-state index contributed by atoms with van der Waals surface area (Å²) in [6.45, 7) is 5.47. The van der Waals surface area contributed by atoms with Crippen molar-refractivity contribution in [2.24, 2.45) is 0 Å². The van der Waals surface area contributed by atoms with Crippen LogP contribution in [0.2, 0.25) is 5.02 Å². The van der Waals surface area contributed by atoms with Gasteiger partial charge in [0.05, 0.1) is 22.3 Å². The molecular weight excluding hydrogens is 384 g/mol. The van der Waals surface area contributed by atoms with E-state index in [1.165, 1.54) is 0 Å². The number of rotatable bonds is 4. The lowest BCUT2D eigenvalue weighted by atomic mass is 10.1. The fraction of sp³-hybridized carbons (Fsp3) is 0.211. The Labute approximate surface area is 168 Å². The Morgan fingerprint density at radius 2 is 1.89 bits per heavy atom. The molecule has 1 amide bonds. The lowest BCUT2D eigenvalue weighted by Crippen LogP contribution is -2.48. The van der Waals surface area contributed by atoms with Crippen molar-refractivity contribution in [2.45, 2.75) is 26.9 Å². The number of benzene rings is 2. The first-order chi connectivity index (χ1) is 12.8. The molecule has 3 N–H and O–H groups in total. The number of nitrogens with zero attached hydrogens (tertiary/aromatic N) is 1. The number of thiocarbonyl (C=S) groups is 1. The molecule has 0 aromatic heterocycles. The van der Waals surface area contributed by atoms with Gasteiger partial charge in [0.15, 0.2) is 11.2 Å². The molecule has 0 saturated heterocycles. The van der Waals surface area contributed by atoms with E-state index in [4.69, 9.17) is 33.8 Å². The minimum atomic E-state index is -0.766. The average Bonchev–Trinajstić information content (AvgIpc) is 2.63. The van der Waals surface area contributed by atoms with E-state index in [1.54, 1.807) is 31.2 Å². The molecule has 140 valence electrons. The number of carbonyl (C=O) groups excluding carboxylic acids is 1. The summed E-state index contributed by atoms with van der Waals surface area (Å²) in [6, 6.07) is 12.3. The van der Waals surface area contributed by atoms with Gasteiger partial charge in [-0.05, 0) is 74.4 Å². The average molecular weight is 403 g/mol. The molecule has 0 spiro atoms. The topological polar surface area (TPSA) is 86.2 Å². The number of halogens is 1. The number of nitriles is 1. The molecule has 27 heavy (non-hydrogen) atoms. The maximum absolute atomic E-state index is 12.1. The standard InChI is InChI=1S/C19H19ClN4O2S/c1-11-8-12(2)17(16(20)9-11)22-19(27)24-23-18(25)13(3)26-15-6-4-14(10-21)5-7-15/h4-9,13H,1-3H3,(H,23,25)(H2,22,24,27)/t13-/m0/s1. The zero-order valence-electron chi connectivity index (χ0n) is 15.1. The van der Waals surface area contributed by atoms with Crippen LogP contribution in [0.3, 0.4) is 0 Å². The Morgan fingerprint density at radius 1 is 1.22 bits per heavy atom. The molecule has 0 aliphatic heterocycles. The van der Waals surface area contributed by atoms with Gasteiger partial charge in [-0.15, -0.1) is 0 Å². The van der Waals surface area contributed by atoms with Crippen LogP contribution >= 0.6 is 23.8 Å². The minimum Gasteiger partial charge on any atom is -0.481 e. The Hall–Kier alpha value is -2.82. The van der Waals surface area contributed by atoms with Crippen LogP contribution in [0, 0.1) is 25.2 Å². The number of aryl methyl sites for hydroxylation is 2. The second-order valence-electron chi connectivity index (χ2n) is 5.90. The number of anilines is 1. The first kappa shape index (κ1) is 20.5. The van der Waals surface area contributed by atoms with Crippen molar-refractivity contribution in [3.05, 3.63) is 58.1 Å². The second-order valence-corrected chi connectivity index (χ2v) is 6.72. The van der Waals surface area contributed by atoms with Crippen LogP contribution in [0.15, 0.2) is 36.4 Å². The molecule has 0 aliphatic carbocycles. The fourth-order valence-corrected chi connectivity index (χ4v) is 2.83. The van der Waals surface area contributed by atoms with Crippen molar-refractivity contribution in [1.82, 2.24) is 10.9 Å². The maximum atomic E-state index is 12.1. The molecule has 8 heteroatoms. The third-order valence-corrected chi connectivity index (χ3v) is 4.14. The van der Waals surface area contributed by atoms with Crippen LogP contribution in [0.25, 0.3) is 0 Å². The smallest absolute Gasteiger partial charge is 0.279 e. The van der Waals surface area contributed by atoms with Crippen molar-refractivity contribution in [1.29, 1.82) is 5.26 Å². The number of amides is 1. The number of hydrogen-bond acceptors (Lipinski definition) is 4. The molecule has 0 bridgehead atoms. The van der Waals surface area contributed by atoms with E-state index in [0.29, 0.717) is 22.0 Å². The van der Waals surface area contributed by atoms with Gasteiger partial charge in [-0.25, -0.2) is 0 Å². The van der Waals surface area contributed by atoms with Gasteiger partial charge in [0.25, 0.3) is 5.91 Å². The predicted octanol–water partition coefficient (Wildman–Crippen LogP) is 3.61. The first-order valence-electron chi connectivity index (χ1n) is 8.10. The van der Waals surface area contributed by atoms with Gasteiger partial charge in [-0.1, -0.05) is 17.7 Å². The molecule has 6 nitrogen and oxygen atoms in total. The highest BCUT2D eigenvalue weighted by atomic mass is 35.5. The third-order valence-electron chi connectivity index (χ3n) is 3.64. The van der Waals surface area contributed by atoms with Crippen LogP contribution in [0.1, 0.15) is 23.6 Å². The summed E-state index contributed by atoms with van der Waals surface area (Å²) in [5, 5.41) is 12.5. The fourth-order valence-electron chi connectivity index (χ4n) is 2.30. The van der Waals surface area contributed by atoms with Gasteiger partial charge in [0.2, 0.25) is 0 Å². The van der Waals surface area contributed by atoms with Gasteiger partial charge >= 0.3 is 0 Å².